The zero-order valence-electron chi connectivity index (χ0n) is 14.8. The van der Waals surface area contributed by atoms with Gasteiger partial charge in [0, 0.05) is 26.6 Å². The van der Waals surface area contributed by atoms with Crippen LogP contribution in [0.1, 0.15) is 38.4 Å². The summed E-state index contributed by atoms with van der Waals surface area (Å²) in [5.74, 6) is 0.648. The number of rotatable bonds is 5. The molecule has 0 spiro atoms. The minimum atomic E-state index is -4.41. The van der Waals surface area contributed by atoms with E-state index in [-0.39, 0.29) is 18.4 Å². The topological polar surface area (TPSA) is 74.2 Å². The first-order valence-electron chi connectivity index (χ1n) is 8.12. The summed E-state index contributed by atoms with van der Waals surface area (Å²) in [6, 6.07) is -0.770. The molecular weight excluding hydrogens is 337 g/mol. The molecule has 1 atom stereocenters. The molecule has 0 bridgehead atoms. The van der Waals surface area contributed by atoms with Crippen LogP contribution in [0.3, 0.4) is 0 Å². The van der Waals surface area contributed by atoms with E-state index < -0.39 is 24.7 Å². The number of aromatic nitrogens is 3. The van der Waals surface area contributed by atoms with E-state index in [0.717, 1.165) is 4.90 Å². The number of nitrogens with one attached hydrogen (secondary N) is 1. The maximum absolute atomic E-state index is 12.6. The highest BCUT2D eigenvalue weighted by molar-refractivity contribution is 5.85. The molecule has 0 aromatic carbocycles. The molecule has 1 aromatic rings. The van der Waals surface area contributed by atoms with Crippen LogP contribution in [0, 0.1) is 0 Å². The van der Waals surface area contributed by atoms with E-state index in [0.29, 0.717) is 24.6 Å². The van der Waals surface area contributed by atoms with Gasteiger partial charge in [-0.25, -0.2) is 0 Å². The fraction of sp³-hybridized carbons (Fsp3) is 0.733. The van der Waals surface area contributed by atoms with Crippen LogP contribution in [0.25, 0.3) is 0 Å². The minimum Gasteiger partial charge on any atom is -0.347 e. The summed E-state index contributed by atoms with van der Waals surface area (Å²) < 4.78 is 37.8. The van der Waals surface area contributed by atoms with Gasteiger partial charge in [-0.05, 0) is 12.8 Å². The van der Waals surface area contributed by atoms with Crippen LogP contribution < -0.4 is 10.2 Å². The van der Waals surface area contributed by atoms with Gasteiger partial charge in [-0.2, -0.15) is 28.1 Å². The predicted octanol–water partition coefficient (Wildman–Crippen LogP) is 2.03. The highest BCUT2D eigenvalue weighted by Crippen LogP contribution is 2.22. The smallest absolute Gasteiger partial charge is 0.347 e. The van der Waals surface area contributed by atoms with E-state index in [2.05, 4.69) is 20.3 Å². The first-order valence-corrected chi connectivity index (χ1v) is 8.12. The van der Waals surface area contributed by atoms with E-state index in [1.54, 1.807) is 19.0 Å². The van der Waals surface area contributed by atoms with E-state index in [1.165, 1.54) is 0 Å². The molecule has 0 saturated carbocycles. The van der Waals surface area contributed by atoms with Crippen molar-refractivity contribution in [1.29, 1.82) is 0 Å². The fourth-order valence-electron chi connectivity index (χ4n) is 2.51. The molecular formula is C15H23F3N6O. The number of nitrogens with zero attached hydrogens (tertiary/aromatic N) is 5. The van der Waals surface area contributed by atoms with Crippen LogP contribution in [0.15, 0.2) is 0 Å². The van der Waals surface area contributed by atoms with E-state index in [4.69, 9.17) is 0 Å². The van der Waals surface area contributed by atoms with E-state index >= 15 is 0 Å². The van der Waals surface area contributed by atoms with Gasteiger partial charge in [0.2, 0.25) is 17.8 Å². The zero-order chi connectivity index (χ0) is 18.8. The number of likely N-dealkylation sites (tertiary alicyclic amines) is 1. The van der Waals surface area contributed by atoms with Gasteiger partial charge in [0.05, 0.1) is 0 Å². The lowest BCUT2D eigenvalue weighted by Crippen LogP contribution is -2.50. The summed E-state index contributed by atoms with van der Waals surface area (Å²) in [5, 5.41) is 2.89. The summed E-state index contributed by atoms with van der Waals surface area (Å²) in [6.07, 6.45) is -3.48. The molecule has 1 saturated heterocycles. The molecule has 1 unspecified atom stereocenters. The van der Waals surface area contributed by atoms with Crippen LogP contribution in [-0.4, -0.2) is 65.2 Å². The molecule has 0 aliphatic carbocycles. The lowest BCUT2D eigenvalue weighted by atomic mass is 10.0. The predicted molar refractivity (Wildman–Crippen MR) is 87.5 cm³/mol. The lowest BCUT2D eigenvalue weighted by Gasteiger charge is -2.33. The van der Waals surface area contributed by atoms with Crippen LogP contribution in [0.4, 0.5) is 25.1 Å². The monoisotopic (exact) mass is 360 g/mol. The average Bonchev–Trinajstić information content (AvgIpc) is 2.49. The Morgan fingerprint density at radius 2 is 1.96 bits per heavy atom. The van der Waals surface area contributed by atoms with Crippen LogP contribution >= 0.6 is 0 Å². The molecule has 1 aliphatic rings. The number of piperidine rings is 1. The Bertz CT molecular complexity index is 594. The van der Waals surface area contributed by atoms with Gasteiger partial charge in [-0.3, -0.25) is 4.79 Å². The summed E-state index contributed by atoms with van der Waals surface area (Å²) in [6.45, 7) is 2.72. The Morgan fingerprint density at radius 3 is 2.52 bits per heavy atom. The number of hydrogen-bond acceptors (Lipinski definition) is 6. The second-order valence-electron chi connectivity index (χ2n) is 6.58. The largest absolute Gasteiger partial charge is 0.406 e. The summed E-state index contributed by atoms with van der Waals surface area (Å²) >= 11 is 0. The number of hydrogen-bond donors (Lipinski definition) is 1. The first-order chi connectivity index (χ1) is 11.6. The van der Waals surface area contributed by atoms with Crippen LogP contribution in [0.5, 0.6) is 0 Å². The SMILES string of the molecule is CC(C)c1nc(NC2CCCN(CC(F)(F)F)C2=O)nc(N(C)C)n1. The molecule has 1 N–H and O–H groups in total. The summed E-state index contributed by atoms with van der Waals surface area (Å²) in [7, 11) is 3.56. The summed E-state index contributed by atoms with van der Waals surface area (Å²) in [4.78, 5) is 27.7. The Labute approximate surface area is 144 Å². The van der Waals surface area contributed by atoms with Gasteiger partial charge in [0.15, 0.2) is 0 Å². The highest BCUT2D eigenvalue weighted by Gasteiger charge is 2.37. The van der Waals surface area contributed by atoms with Crippen molar-refractivity contribution in [2.45, 2.75) is 44.8 Å². The lowest BCUT2D eigenvalue weighted by molar-refractivity contribution is -0.163. The number of amides is 1. The van der Waals surface area contributed by atoms with Gasteiger partial charge >= 0.3 is 6.18 Å². The number of halogens is 3. The fourth-order valence-corrected chi connectivity index (χ4v) is 2.51. The van der Waals surface area contributed by atoms with E-state index in [9.17, 15) is 18.0 Å². The van der Waals surface area contributed by atoms with Gasteiger partial charge < -0.3 is 15.1 Å². The Morgan fingerprint density at radius 1 is 1.28 bits per heavy atom. The molecule has 2 rings (SSSR count). The van der Waals surface area contributed by atoms with Crippen molar-refractivity contribution in [2.24, 2.45) is 0 Å². The third-order valence-corrected chi connectivity index (χ3v) is 3.76. The molecule has 1 aliphatic heterocycles. The molecule has 1 fully saturated rings. The third kappa shape index (κ3) is 5.17. The second-order valence-corrected chi connectivity index (χ2v) is 6.58. The molecule has 7 nitrogen and oxygen atoms in total. The molecule has 1 aromatic heterocycles. The summed E-state index contributed by atoms with van der Waals surface area (Å²) in [5.41, 5.74) is 0. The van der Waals surface area contributed by atoms with Crippen molar-refractivity contribution < 1.29 is 18.0 Å². The highest BCUT2D eigenvalue weighted by atomic mass is 19.4. The van der Waals surface area contributed by atoms with Crippen molar-refractivity contribution in [2.75, 3.05) is 37.4 Å². The maximum Gasteiger partial charge on any atom is 0.406 e. The van der Waals surface area contributed by atoms with E-state index in [1.807, 2.05) is 13.8 Å². The third-order valence-electron chi connectivity index (χ3n) is 3.76. The first kappa shape index (κ1) is 19.2. The Balaban J connectivity index is 2.19. The maximum atomic E-state index is 12.6. The van der Waals surface area contributed by atoms with Gasteiger partial charge in [0.1, 0.15) is 18.4 Å². The van der Waals surface area contributed by atoms with Crippen molar-refractivity contribution in [1.82, 2.24) is 19.9 Å². The van der Waals surface area contributed by atoms with Gasteiger partial charge in [-0.15, -0.1) is 0 Å². The van der Waals surface area contributed by atoms with Crippen molar-refractivity contribution in [3.05, 3.63) is 5.82 Å². The van der Waals surface area contributed by atoms with Crippen LogP contribution in [-0.2, 0) is 4.79 Å². The standard InChI is InChI=1S/C15H23F3N6O/c1-9(2)11-20-13(22-14(21-11)23(3)4)19-10-6-5-7-24(12(10)25)8-15(16,17)18/h9-10H,5-8H2,1-4H3,(H,19,20,21,22). The normalized spacial score (nSPS) is 18.6. The molecule has 1 amide bonds. The second kappa shape index (κ2) is 7.40. The zero-order valence-corrected chi connectivity index (χ0v) is 14.8. The average molecular weight is 360 g/mol. The number of anilines is 2. The minimum absolute atomic E-state index is 0.0473. The van der Waals surface area contributed by atoms with Crippen molar-refractivity contribution in [3.8, 4) is 0 Å². The van der Waals surface area contributed by atoms with Gasteiger partial charge in [0.25, 0.3) is 0 Å². The van der Waals surface area contributed by atoms with Crippen molar-refractivity contribution in [3.63, 3.8) is 0 Å². The molecule has 10 heteroatoms. The van der Waals surface area contributed by atoms with Gasteiger partial charge in [-0.1, -0.05) is 13.8 Å². The number of carbonyl (C=O) groups is 1. The molecule has 2 heterocycles. The van der Waals surface area contributed by atoms with Crippen LogP contribution in [0.2, 0.25) is 0 Å². The van der Waals surface area contributed by atoms with Crippen molar-refractivity contribution >= 4 is 17.8 Å². The number of alkyl halides is 3. The molecule has 25 heavy (non-hydrogen) atoms. The molecule has 140 valence electrons. The number of carbonyl (C=O) groups excluding carboxylic acids is 1. The Hall–Kier alpha value is -2.13. The quantitative estimate of drug-likeness (QED) is 0.866. The Kier molecular flexibility index (Phi) is 5.69. The molecule has 0 radical (unpaired) electrons.